The molecule has 10 nitrogen and oxygen atoms in total. The van der Waals surface area contributed by atoms with Crippen LogP contribution >= 0.6 is 0 Å². The fourth-order valence-electron chi connectivity index (χ4n) is 5.92. The quantitative estimate of drug-likeness (QED) is 0.352. The molecule has 7 rings (SSSR count). The highest BCUT2D eigenvalue weighted by Crippen LogP contribution is 2.52. The third-order valence-electron chi connectivity index (χ3n) is 8.26. The summed E-state index contributed by atoms with van der Waals surface area (Å²) in [6.45, 7) is 10.5. The average Bonchev–Trinajstić information content (AvgIpc) is 3.49. The highest BCUT2D eigenvalue weighted by molar-refractivity contribution is 6.16. The Morgan fingerprint density at radius 2 is 1.64 bits per heavy atom. The summed E-state index contributed by atoms with van der Waals surface area (Å²) in [5, 5.41) is 13.4. The maximum Gasteiger partial charge on any atom is 0.410 e. The van der Waals surface area contributed by atoms with Crippen LogP contribution in [0.4, 0.5) is 10.5 Å². The maximum atomic E-state index is 12.5. The monoisotopic (exact) mass is 564 g/mol. The van der Waals surface area contributed by atoms with E-state index in [-0.39, 0.29) is 11.6 Å². The number of aliphatic imine (C=N–C) groups is 1. The van der Waals surface area contributed by atoms with Gasteiger partial charge in [-0.2, -0.15) is 5.10 Å². The van der Waals surface area contributed by atoms with Crippen molar-refractivity contribution in [2.75, 3.05) is 31.1 Å². The molecule has 2 fully saturated rings. The molecule has 4 heterocycles. The van der Waals surface area contributed by atoms with Crippen LogP contribution in [0.3, 0.4) is 0 Å². The van der Waals surface area contributed by atoms with Crippen molar-refractivity contribution in [3.05, 3.63) is 77.6 Å². The molecular formula is C32H36N8O2. The number of hydrogen-bond acceptors (Lipinski definition) is 7. The lowest BCUT2D eigenvalue weighted by Crippen LogP contribution is -2.50. The van der Waals surface area contributed by atoms with Crippen molar-refractivity contribution in [1.29, 1.82) is 0 Å². The minimum Gasteiger partial charge on any atom is -0.444 e. The number of nitrogens with zero attached hydrogens (tertiary/aromatic N) is 8. The zero-order valence-corrected chi connectivity index (χ0v) is 24.8. The largest absolute Gasteiger partial charge is 0.444 e. The number of amides is 1. The minimum absolute atomic E-state index is 0.243. The summed E-state index contributed by atoms with van der Waals surface area (Å²) in [5.41, 5.74) is 6.59. The van der Waals surface area contributed by atoms with Crippen LogP contribution < -0.4 is 4.90 Å². The highest BCUT2D eigenvalue weighted by Gasteiger charge is 2.51. The summed E-state index contributed by atoms with van der Waals surface area (Å²) in [6.07, 6.45) is 5.60. The van der Waals surface area contributed by atoms with E-state index in [1.807, 2.05) is 51.8 Å². The molecule has 2 aromatic heterocycles. The summed E-state index contributed by atoms with van der Waals surface area (Å²) >= 11 is 0. The number of hydrogen-bond donors (Lipinski definition) is 0. The molecule has 0 bridgehead atoms. The van der Waals surface area contributed by atoms with E-state index in [9.17, 15) is 4.79 Å². The van der Waals surface area contributed by atoms with Crippen LogP contribution in [0.5, 0.6) is 0 Å². The van der Waals surface area contributed by atoms with Gasteiger partial charge in [0.15, 0.2) is 5.82 Å². The number of benzene rings is 2. The summed E-state index contributed by atoms with van der Waals surface area (Å²) in [7, 11) is 1.93. The number of rotatable bonds is 3. The van der Waals surface area contributed by atoms with Gasteiger partial charge in [-0.05, 0) is 70.4 Å². The van der Waals surface area contributed by atoms with E-state index in [1.54, 1.807) is 4.90 Å². The van der Waals surface area contributed by atoms with Crippen molar-refractivity contribution < 1.29 is 9.53 Å². The zero-order chi connectivity index (χ0) is 29.2. The van der Waals surface area contributed by atoms with Gasteiger partial charge in [0, 0.05) is 61.8 Å². The number of aromatic nitrogens is 5. The SMILES string of the molecule is Cc1nnc2n1-c1ccc(-c3cnn(C)c3)cc1C(c1ccc(N3CCN(C(=O)OC(C)(C)C)CC3)cc1)=NC21CC1. The molecule has 1 saturated heterocycles. The van der Waals surface area contributed by atoms with Gasteiger partial charge in [-0.15, -0.1) is 10.2 Å². The van der Waals surface area contributed by atoms with Gasteiger partial charge in [0.1, 0.15) is 17.0 Å². The van der Waals surface area contributed by atoms with Gasteiger partial charge in [-0.3, -0.25) is 14.2 Å². The van der Waals surface area contributed by atoms with Crippen LogP contribution in [-0.4, -0.2) is 73.0 Å². The van der Waals surface area contributed by atoms with Crippen LogP contribution in [0.25, 0.3) is 16.8 Å². The smallest absolute Gasteiger partial charge is 0.410 e. The van der Waals surface area contributed by atoms with E-state index in [1.165, 1.54) is 0 Å². The fourth-order valence-corrected chi connectivity index (χ4v) is 5.92. The van der Waals surface area contributed by atoms with Gasteiger partial charge in [-0.1, -0.05) is 18.2 Å². The minimum atomic E-state index is -0.491. The number of piperazine rings is 1. The van der Waals surface area contributed by atoms with Gasteiger partial charge < -0.3 is 14.5 Å². The van der Waals surface area contributed by atoms with Crippen LogP contribution in [0, 0.1) is 6.92 Å². The Kier molecular flexibility index (Phi) is 6.00. The number of fused-ring (bicyclic) bond motifs is 4. The lowest BCUT2D eigenvalue weighted by atomic mass is 9.96. The molecule has 1 saturated carbocycles. The topological polar surface area (TPSA) is 93.7 Å². The fraction of sp³-hybridized carbons (Fsp3) is 0.406. The summed E-state index contributed by atoms with van der Waals surface area (Å²) in [4.78, 5) is 22.1. The van der Waals surface area contributed by atoms with Crippen molar-refractivity contribution in [1.82, 2.24) is 29.4 Å². The van der Waals surface area contributed by atoms with Crippen molar-refractivity contribution in [3.8, 4) is 16.8 Å². The van der Waals surface area contributed by atoms with Gasteiger partial charge in [0.05, 0.1) is 17.6 Å². The van der Waals surface area contributed by atoms with E-state index < -0.39 is 5.60 Å². The number of ether oxygens (including phenoxy) is 1. The van der Waals surface area contributed by atoms with Crippen LogP contribution in [-0.2, 0) is 17.3 Å². The van der Waals surface area contributed by atoms with Gasteiger partial charge >= 0.3 is 6.09 Å². The van der Waals surface area contributed by atoms with E-state index in [2.05, 4.69) is 67.2 Å². The molecule has 0 atom stereocenters. The van der Waals surface area contributed by atoms with Crippen molar-refractivity contribution in [2.45, 2.75) is 51.7 Å². The van der Waals surface area contributed by atoms with Crippen LogP contribution in [0.15, 0.2) is 59.9 Å². The Labute approximate surface area is 245 Å². The van der Waals surface area contributed by atoms with Crippen molar-refractivity contribution >= 4 is 17.5 Å². The molecule has 1 spiro atoms. The van der Waals surface area contributed by atoms with Crippen LogP contribution in [0.1, 0.15) is 56.4 Å². The second-order valence-corrected chi connectivity index (χ2v) is 12.5. The number of carbonyl (C=O) groups excluding carboxylic acids is 1. The van der Waals surface area contributed by atoms with Crippen molar-refractivity contribution in [3.63, 3.8) is 0 Å². The first kappa shape index (κ1) is 26.4. The molecule has 0 N–H and O–H groups in total. The molecule has 10 heteroatoms. The standard InChI is InChI=1S/C32H36N8O2/c1-21-35-36-29-32(12-13-32)34-28(26-18-23(8-11-27(26)40(21)29)24-19-33-37(5)20-24)22-6-9-25(10-7-22)38-14-16-39(17-15-38)30(41)42-31(2,3)4/h6-11,18-20H,12-17H2,1-5H3. The van der Waals surface area contributed by atoms with Crippen LogP contribution in [0.2, 0.25) is 0 Å². The molecule has 1 aliphatic carbocycles. The lowest BCUT2D eigenvalue weighted by molar-refractivity contribution is 0.0240. The first-order valence-electron chi connectivity index (χ1n) is 14.6. The Morgan fingerprint density at radius 1 is 0.929 bits per heavy atom. The first-order valence-corrected chi connectivity index (χ1v) is 14.6. The molecule has 1 amide bonds. The predicted molar refractivity (Wildman–Crippen MR) is 161 cm³/mol. The Hall–Kier alpha value is -4.47. The molecule has 2 aromatic carbocycles. The number of carbonyl (C=O) groups is 1. The normalized spacial score (nSPS) is 17.4. The molecule has 2 aliphatic heterocycles. The summed E-state index contributed by atoms with van der Waals surface area (Å²) in [6, 6.07) is 15.2. The molecule has 0 radical (unpaired) electrons. The Bertz CT molecular complexity index is 1700. The van der Waals surface area contributed by atoms with Crippen molar-refractivity contribution in [2.24, 2.45) is 12.0 Å². The molecule has 216 valence electrons. The average molecular weight is 565 g/mol. The predicted octanol–water partition coefficient (Wildman–Crippen LogP) is 4.87. The Morgan fingerprint density at radius 3 is 2.29 bits per heavy atom. The van der Waals surface area contributed by atoms with Gasteiger partial charge in [0.25, 0.3) is 0 Å². The molecule has 4 aromatic rings. The molecule has 3 aliphatic rings. The summed E-state index contributed by atoms with van der Waals surface area (Å²) < 4.78 is 9.57. The maximum absolute atomic E-state index is 12.5. The highest BCUT2D eigenvalue weighted by atomic mass is 16.6. The van der Waals surface area contributed by atoms with E-state index >= 15 is 0 Å². The molecular weight excluding hydrogens is 528 g/mol. The van der Waals surface area contributed by atoms with E-state index in [4.69, 9.17) is 9.73 Å². The molecule has 0 unspecified atom stereocenters. The third-order valence-corrected chi connectivity index (χ3v) is 8.26. The van der Waals surface area contributed by atoms with E-state index in [0.29, 0.717) is 13.1 Å². The number of anilines is 1. The second kappa shape index (κ2) is 9.54. The number of aryl methyl sites for hydroxylation is 2. The third kappa shape index (κ3) is 4.64. The van der Waals surface area contributed by atoms with Gasteiger partial charge in [0.2, 0.25) is 0 Å². The summed E-state index contributed by atoms with van der Waals surface area (Å²) in [5.74, 6) is 1.79. The zero-order valence-electron chi connectivity index (χ0n) is 24.8. The second-order valence-electron chi connectivity index (χ2n) is 12.5. The lowest BCUT2D eigenvalue weighted by Gasteiger charge is -2.36. The molecule has 42 heavy (non-hydrogen) atoms. The van der Waals surface area contributed by atoms with E-state index in [0.717, 1.165) is 76.9 Å². The Balaban J connectivity index is 1.21. The van der Waals surface area contributed by atoms with Gasteiger partial charge in [-0.25, -0.2) is 4.79 Å². The first-order chi connectivity index (χ1) is 20.1.